The summed E-state index contributed by atoms with van der Waals surface area (Å²) >= 11 is 0. The number of hydrogen-bond acceptors (Lipinski definition) is 1. The summed E-state index contributed by atoms with van der Waals surface area (Å²) in [6.45, 7) is 6.41. The van der Waals surface area contributed by atoms with Crippen molar-refractivity contribution in [1.29, 1.82) is 0 Å². The maximum absolute atomic E-state index is 10.8. The van der Waals surface area contributed by atoms with Gasteiger partial charge in [-0.2, -0.15) is 0 Å². The first-order valence-electron chi connectivity index (χ1n) is 10.4. The molecular formula is C22H35N2O3P+2. The molecule has 0 aliphatic rings. The molecule has 0 unspecified atom stereocenters. The molecule has 28 heavy (non-hydrogen) atoms. The van der Waals surface area contributed by atoms with Gasteiger partial charge < -0.3 is 9.79 Å². The van der Waals surface area contributed by atoms with Crippen molar-refractivity contribution in [2.75, 3.05) is 6.16 Å². The number of unbranched alkanes of at least 4 members (excludes halogenated alkanes) is 5. The molecule has 0 aliphatic carbocycles. The third-order valence-electron chi connectivity index (χ3n) is 5.06. The van der Waals surface area contributed by atoms with Gasteiger partial charge in [-0.15, -0.1) is 0 Å². The van der Waals surface area contributed by atoms with Crippen LogP contribution in [0.2, 0.25) is 0 Å². The molecule has 0 radical (unpaired) electrons. The van der Waals surface area contributed by atoms with Crippen LogP contribution in [0.1, 0.15) is 57.6 Å². The van der Waals surface area contributed by atoms with Crippen LogP contribution in [-0.4, -0.2) is 15.9 Å². The van der Waals surface area contributed by atoms with Gasteiger partial charge in [0.25, 0.3) is 0 Å². The van der Waals surface area contributed by atoms with Crippen LogP contribution in [0.5, 0.6) is 0 Å². The van der Waals surface area contributed by atoms with Crippen molar-refractivity contribution >= 4 is 7.60 Å². The van der Waals surface area contributed by atoms with Crippen molar-refractivity contribution in [3.05, 3.63) is 48.5 Å². The van der Waals surface area contributed by atoms with Gasteiger partial charge in [0, 0.05) is 50.2 Å². The molecule has 0 fully saturated rings. The van der Waals surface area contributed by atoms with Gasteiger partial charge in [-0.05, 0) is 24.0 Å². The molecule has 0 spiro atoms. The van der Waals surface area contributed by atoms with Gasteiger partial charge in [0.1, 0.15) is 13.1 Å². The summed E-state index contributed by atoms with van der Waals surface area (Å²) in [5.74, 6) is 0. The molecule has 0 aliphatic heterocycles. The van der Waals surface area contributed by atoms with Crippen LogP contribution >= 0.6 is 7.60 Å². The molecule has 2 aromatic rings. The molecular weight excluding hydrogens is 371 g/mol. The van der Waals surface area contributed by atoms with E-state index in [1.807, 2.05) is 0 Å². The van der Waals surface area contributed by atoms with Crippen LogP contribution in [-0.2, 0) is 17.7 Å². The van der Waals surface area contributed by atoms with Gasteiger partial charge in [-0.25, -0.2) is 9.13 Å². The highest BCUT2D eigenvalue weighted by Crippen LogP contribution is 2.35. The van der Waals surface area contributed by atoms with Crippen LogP contribution in [0, 0.1) is 6.92 Å². The molecule has 2 heterocycles. The van der Waals surface area contributed by atoms with E-state index in [0.29, 0.717) is 6.42 Å². The Kier molecular flexibility index (Phi) is 9.30. The fourth-order valence-electron chi connectivity index (χ4n) is 3.44. The molecule has 5 nitrogen and oxygen atoms in total. The summed E-state index contributed by atoms with van der Waals surface area (Å²) in [4.78, 5) is 17.7. The van der Waals surface area contributed by atoms with Gasteiger partial charge in [0.15, 0.2) is 24.3 Å². The standard InChI is InChI=1S/C22H33N2O3P/c1-3-13-23-15-10-21(11-16-23)22-12-17-24(20(2)19-22)14-8-6-4-5-7-9-18-28(25,26)27/h10-12,15-17,19H,3-9,13-14,18H2,1-2H3/p+2. The highest BCUT2D eigenvalue weighted by Gasteiger charge is 2.11. The molecule has 2 N–H and O–H groups in total. The van der Waals surface area contributed by atoms with Crippen molar-refractivity contribution in [3.63, 3.8) is 0 Å². The van der Waals surface area contributed by atoms with E-state index in [-0.39, 0.29) is 6.16 Å². The highest BCUT2D eigenvalue weighted by molar-refractivity contribution is 7.51. The lowest BCUT2D eigenvalue weighted by Crippen LogP contribution is -2.36. The van der Waals surface area contributed by atoms with E-state index in [9.17, 15) is 4.57 Å². The molecule has 154 valence electrons. The summed E-state index contributed by atoms with van der Waals surface area (Å²) in [5.41, 5.74) is 3.77. The van der Waals surface area contributed by atoms with Crippen LogP contribution < -0.4 is 9.13 Å². The summed E-state index contributed by atoms with van der Waals surface area (Å²) in [6.07, 6.45) is 13.6. The lowest BCUT2D eigenvalue weighted by atomic mass is 10.1. The van der Waals surface area contributed by atoms with Crippen LogP contribution in [0.3, 0.4) is 0 Å². The van der Waals surface area contributed by atoms with E-state index in [0.717, 1.165) is 51.6 Å². The first kappa shape index (κ1) is 22.7. The van der Waals surface area contributed by atoms with E-state index in [4.69, 9.17) is 9.79 Å². The zero-order valence-corrected chi connectivity index (χ0v) is 18.2. The maximum Gasteiger partial charge on any atom is 0.325 e. The van der Waals surface area contributed by atoms with Gasteiger partial charge >= 0.3 is 7.60 Å². The minimum Gasteiger partial charge on any atom is -0.324 e. The second kappa shape index (κ2) is 11.5. The number of aromatic nitrogens is 2. The van der Waals surface area contributed by atoms with Gasteiger partial charge in [-0.3, -0.25) is 4.57 Å². The molecule has 2 rings (SSSR count). The normalized spacial score (nSPS) is 11.7. The number of hydrogen-bond donors (Lipinski definition) is 2. The largest absolute Gasteiger partial charge is 0.325 e. The molecule has 6 heteroatoms. The van der Waals surface area contributed by atoms with E-state index >= 15 is 0 Å². The first-order chi connectivity index (χ1) is 13.4. The molecule has 0 aromatic carbocycles. The second-order valence-electron chi connectivity index (χ2n) is 7.58. The summed E-state index contributed by atoms with van der Waals surface area (Å²) in [6, 6.07) is 8.80. The molecule has 0 saturated heterocycles. The predicted molar refractivity (Wildman–Crippen MR) is 112 cm³/mol. The van der Waals surface area contributed by atoms with Gasteiger partial charge in [-0.1, -0.05) is 26.2 Å². The lowest BCUT2D eigenvalue weighted by Gasteiger charge is -2.05. The summed E-state index contributed by atoms with van der Waals surface area (Å²) < 4.78 is 15.3. The molecule has 0 saturated carbocycles. The number of pyridine rings is 2. The topological polar surface area (TPSA) is 65.3 Å². The van der Waals surface area contributed by atoms with E-state index in [1.165, 1.54) is 16.8 Å². The lowest BCUT2D eigenvalue weighted by molar-refractivity contribution is -0.703. The quantitative estimate of drug-likeness (QED) is 0.316. The van der Waals surface area contributed by atoms with Gasteiger partial charge in [0.05, 0.1) is 0 Å². The molecule has 2 aromatic heterocycles. The average molecular weight is 407 g/mol. The van der Waals surface area contributed by atoms with E-state index < -0.39 is 7.60 Å². The van der Waals surface area contributed by atoms with Crippen molar-refractivity contribution < 1.29 is 23.5 Å². The third kappa shape index (κ3) is 8.22. The Morgan fingerprint density at radius 3 is 2.07 bits per heavy atom. The van der Waals surface area contributed by atoms with Crippen LogP contribution in [0.4, 0.5) is 0 Å². The second-order valence-corrected chi connectivity index (χ2v) is 9.36. The Morgan fingerprint density at radius 1 is 0.857 bits per heavy atom. The highest BCUT2D eigenvalue weighted by atomic mass is 31.2. The van der Waals surface area contributed by atoms with Crippen molar-refractivity contribution in [3.8, 4) is 11.1 Å². The van der Waals surface area contributed by atoms with Crippen LogP contribution in [0.25, 0.3) is 11.1 Å². The number of aryl methyl sites for hydroxylation is 3. The first-order valence-corrected chi connectivity index (χ1v) is 12.2. The zero-order chi connectivity index (χ0) is 20.4. The fraction of sp³-hybridized carbons (Fsp3) is 0.545. The third-order valence-corrected chi connectivity index (χ3v) is 5.95. The van der Waals surface area contributed by atoms with E-state index in [1.54, 1.807) is 0 Å². The minimum atomic E-state index is -3.81. The molecule has 0 amide bonds. The van der Waals surface area contributed by atoms with Crippen LogP contribution in [0.15, 0.2) is 42.9 Å². The zero-order valence-electron chi connectivity index (χ0n) is 17.3. The molecule has 0 bridgehead atoms. The van der Waals surface area contributed by atoms with Crippen molar-refractivity contribution in [2.24, 2.45) is 0 Å². The Hall–Kier alpha value is -1.55. The van der Waals surface area contributed by atoms with Gasteiger partial charge in [0.2, 0.25) is 0 Å². The fourth-order valence-corrected chi connectivity index (χ4v) is 4.07. The number of rotatable bonds is 12. The Balaban J connectivity index is 1.74. The molecule has 0 atom stereocenters. The Labute approximate surface area is 169 Å². The Bertz CT molecular complexity index is 772. The minimum absolute atomic E-state index is 0.0222. The summed E-state index contributed by atoms with van der Waals surface area (Å²) in [5, 5.41) is 0. The predicted octanol–water partition coefficient (Wildman–Crippen LogP) is 4.17. The summed E-state index contributed by atoms with van der Waals surface area (Å²) in [7, 11) is -3.81. The van der Waals surface area contributed by atoms with Crippen molar-refractivity contribution in [2.45, 2.75) is 71.9 Å². The smallest absolute Gasteiger partial charge is 0.324 e. The van der Waals surface area contributed by atoms with E-state index in [2.05, 4.69) is 65.8 Å². The monoisotopic (exact) mass is 406 g/mol. The number of nitrogens with zero attached hydrogens (tertiary/aromatic N) is 2. The SMILES string of the molecule is CCC[n+]1ccc(-c2cc[n+](CCCCCCCCP(=O)(O)O)c(C)c2)cc1. The average Bonchev–Trinajstić information content (AvgIpc) is 2.65. The maximum atomic E-state index is 10.8. The van der Waals surface area contributed by atoms with Crippen molar-refractivity contribution in [1.82, 2.24) is 0 Å². The Morgan fingerprint density at radius 2 is 1.46 bits per heavy atom.